The maximum Gasteiger partial charge on any atom is 0.410 e. The number of rotatable bonds is 0. The highest BCUT2D eigenvalue weighted by atomic mass is 16.6. The van der Waals surface area contributed by atoms with Gasteiger partial charge in [-0.2, -0.15) is 0 Å². The first-order chi connectivity index (χ1) is 10.4. The average molecular weight is 302 g/mol. The molecule has 0 aromatic heterocycles. The van der Waals surface area contributed by atoms with Crippen LogP contribution in [0, 0.1) is 5.41 Å². The van der Waals surface area contributed by atoms with Crippen LogP contribution in [-0.2, 0) is 11.2 Å². The van der Waals surface area contributed by atoms with E-state index >= 15 is 0 Å². The van der Waals surface area contributed by atoms with Gasteiger partial charge in [0.25, 0.3) is 0 Å². The van der Waals surface area contributed by atoms with Crippen molar-refractivity contribution < 1.29 is 9.53 Å². The molecule has 1 atom stereocenters. The van der Waals surface area contributed by atoms with Crippen molar-refractivity contribution in [3.05, 3.63) is 29.8 Å². The van der Waals surface area contributed by atoms with Gasteiger partial charge in [-0.3, -0.25) is 0 Å². The molecule has 0 bridgehead atoms. The Labute approximate surface area is 132 Å². The Kier molecular flexibility index (Phi) is 3.79. The summed E-state index contributed by atoms with van der Waals surface area (Å²) in [6, 6.07) is 8.48. The second kappa shape index (κ2) is 5.49. The molecule has 1 amide bonds. The lowest BCUT2D eigenvalue weighted by atomic mass is 9.73. The van der Waals surface area contributed by atoms with Crippen molar-refractivity contribution in [3.63, 3.8) is 0 Å². The number of fused-ring (bicyclic) bond motifs is 1. The van der Waals surface area contributed by atoms with Gasteiger partial charge in [0.1, 0.15) is 5.60 Å². The molecule has 2 heterocycles. The molecule has 0 unspecified atom stereocenters. The van der Waals surface area contributed by atoms with E-state index < -0.39 is 5.60 Å². The van der Waals surface area contributed by atoms with E-state index in [2.05, 4.69) is 29.6 Å². The number of nitrogens with zero attached hydrogens (tertiary/aromatic N) is 1. The third-order valence-corrected chi connectivity index (χ3v) is 4.55. The maximum absolute atomic E-state index is 12.4. The zero-order valence-corrected chi connectivity index (χ0v) is 13.8. The lowest BCUT2D eigenvalue weighted by Crippen LogP contribution is -2.52. The molecule has 1 fully saturated rings. The van der Waals surface area contributed by atoms with Gasteiger partial charge in [-0.05, 0) is 51.7 Å². The number of nitrogens with one attached hydrogen (secondary N) is 1. The summed E-state index contributed by atoms with van der Waals surface area (Å²) < 4.78 is 5.55. The number of hydrogen-bond donors (Lipinski definition) is 1. The van der Waals surface area contributed by atoms with Crippen LogP contribution in [-0.4, -0.2) is 36.2 Å². The first-order valence-corrected chi connectivity index (χ1v) is 8.17. The van der Waals surface area contributed by atoms with Crippen molar-refractivity contribution in [2.45, 2.75) is 45.6 Å². The first-order valence-electron chi connectivity index (χ1n) is 8.17. The van der Waals surface area contributed by atoms with Crippen LogP contribution in [0.25, 0.3) is 0 Å². The molecule has 1 saturated heterocycles. The SMILES string of the molecule is CC(C)(C)OC(=O)N1CCC[C@]2(CNc3ccccc3C2)C1. The van der Waals surface area contributed by atoms with Gasteiger partial charge in [-0.1, -0.05) is 18.2 Å². The smallest absolute Gasteiger partial charge is 0.410 e. The minimum atomic E-state index is -0.431. The first kappa shape index (κ1) is 15.2. The van der Waals surface area contributed by atoms with Gasteiger partial charge in [0.05, 0.1) is 0 Å². The number of carbonyl (C=O) groups excluding carboxylic acids is 1. The Morgan fingerprint density at radius 3 is 2.86 bits per heavy atom. The number of anilines is 1. The summed E-state index contributed by atoms with van der Waals surface area (Å²) in [5.41, 5.74) is 2.31. The highest BCUT2D eigenvalue weighted by Crippen LogP contribution is 2.39. The molecule has 22 heavy (non-hydrogen) atoms. The molecule has 1 N–H and O–H groups in total. The minimum absolute atomic E-state index is 0.142. The number of carbonyl (C=O) groups is 1. The molecule has 2 aliphatic heterocycles. The molecule has 0 aliphatic carbocycles. The molecule has 120 valence electrons. The lowest BCUT2D eigenvalue weighted by molar-refractivity contribution is 0.00550. The van der Waals surface area contributed by atoms with Crippen LogP contribution in [0.2, 0.25) is 0 Å². The van der Waals surface area contributed by atoms with Crippen molar-refractivity contribution in [1.29, 1.82) is 0 Å². The molecule has 4 nitrogen and oxygen atoms in total. The summed E-state index contributed by atoms with van der Waals surface area (Å²) in [6.07, 6.45) is 3.07. The van der Waals surface area contributed by atoms with Gasteiger partial charge in [-0.25, -0.2) is 4.79 Å². The van der Waals surface area contributed by atoms with Gasteiger partial charge in [0.2, 0.25) is 0 Å². The largest absolute Gasteiger partial charge is 0.444 e. The minimum Gasteiger partial charge on any atom is -0.444 e. The Balaban J connectivity index is 1.72. The van der Waals surface area contributed by atoms with Crippen LogP contribution in [0.5, 0.6) is 0 Å². The highest BCUT2D eigenvalue weighted by Gasteiger charge is 2.40. The fourth-order valence-corrected chi connectivity index (χ4v) is 3.57. The van der Waals surface area contributed by atoms with E-state index in [9.17, 15) is 4.79 Å². The molecular weight excluding hydrogens is 276 g/mol. The van der Waals surface area contributed by atoms with E-state index in [-0.39, 0.29) is 11.5 Å². The summed E-state index contributed by atoms with van der Waals surface area (Å²) in [5.74, 6) is 0. The Bertz CT molecular complexity index is 564. The van der Waals surface area contributed by atoms with Gasteiger partial charge < -0.3 is 15.0 Å². The number of hydrogen-bond acceptors (Lipinski definition) is 3. The van der Waals surface area contributed by atoms with Crippen LogP contribution in [0.3, 0.4) is 0 Å². The molecule has 1 aromatic rings. The number of likely N-dealkylation sites (tertiary alicyclic amines) is 1. The van der Waals surface area contributed by atoms with Crippen LogP contribution in [0.15, 0.2) is 24.3 Å². The number of ether oxygens (including phenoxy) is 1. The Hall–Kier alpha value is -1.71. The van der Waals surface area contributed by atoms with Gasteiger partial charge in [0.15, 0.2) is 0 Å². The van der Waals surface area contributed by atoms with Crippen molar-refractivity contribution >= 4 is 11.8 Å². The summed E-state index contributed by atoms with van der Waals surface area (Å²) in [4.78, 5) is 14.3. The third-order valence-electron chi connectivity index (χ3n) is 4.55. The predicted molar refractivity (Wildman–Crippen MR) is 88.1 cm³/mol. The monoisotopic (exact) mass is 302 g/mol. The summed E-state index contributed by atoms with van der Waals surface area (Å²) in [6.45, 7) is 8.28. The summed E-state index contributed by atoms with van der Waals surface area (Å²) in [5, 5.41) is 3.55. The van der Waals surface area contributed by atoms with E-state index in [0.717, 1.165) is 38.9 Å². The van der Waals surface area contributed by atoms with E-state index in [1.54, 1.807) is 0 Å². The zero-order chi connectivity index (χ0) is 15.8. The number of piperidine rings is 1. The zero-order valence-electron chi connectivity index (χ0n) is 13.8. The number of amides is 1. The van der Waals surface area contributed by atoms with E-state index in [4.69, 9.17) is 4.74 Å². The summed E-state index contributed by atoms with van der Waals surface area (Å²) >= 11 is 0. The van der Waals surface area contributed by atoms with E-state index in [1.807, 2.05) is 25.7 Å². The predicted octanol–water partition coefficient (Wildman–Crippen LogP) is 3.67. The Morgan fingerprint density at radius 2 is 2.09 bits per heavy atom. The molecule has 4 heteroatoms. The quantitative estimate of drug-likeness (QED) is 0.795. The van der Waals surface area contributed by atoms with Gasteiger partial charge >= 0.3 is 6.09 Å². The van der Waals surface area contributed by atoms with Crippen LogP contribution in [0.1, 0.15) is 39.2 Å². The number of benzene rings is 1. The third kappa shape index (κ3) is 3.21. The number of para-hydroxylation sites is 1. The van der Waals surface area contributed by atoms with E-state index in [0.29, 0.717) is 0 Å². The average Bonchev–Trinajstić information content (AvgIpc) is 2.45. The van der Waals surface area contributed by atoms with Gasteiger partial charge in [-0.15, -0.1) is 0 Å². The molecule has 1 spiro atoms. The summed E-state index contributed by atoms with van der Waals surface area (Å²) in [7, 11) is 0. The van der Waals surface area contributed by atoms with Crippen molar-refractivity contribution in [2.75, 3.05) is 25.0 Å². The lowest BCUT2D eigenvalue weighted by Gasteiger charge is -2.45. The maximum atomic E-state index is 12.4. The van der Waals surface area contributed by atoms with Crippen molar-refractivity contribution in [3.8, 4) is 0 Å². The molecule has 1 aromatic carbocycles. The van der Waals surface area contributed by atoms with Crippen LogP contribution >= 0.6 is 0 Å². The van der Waals surface area contributed by atoms with Crippen molar-refractivity contribution in [1.82, 2.24) is 4.90 Å². The molecule has 3 rings (SSSR count). The van der Waals surface area contributed by atoms with Crippen molar-refractivity contribution in [2.24, 2.45) is 5.41 Å². The second-order valence-corrected chi connectivity index (χ2v) is 7.69. The Morgan fingerprint density at radius 1 is 1.32 bits per heavy atom. The normalized spacial score (nSPS) is 24.6. The molecule has 0 radical (unpaired) electrons. The molecule has 2 aliphatic rings. The highest BCUT2D eigenvalue weighted by molar-refractivity contribution is 5.68. The van der Waals surface area contributed by atoms with Crippen LogP contribution in [0.4, 0.5) is 10.5 Å². The molecule has 0 saturated carbocycles. The second-order valence-electron chi connectivity index (χ2n) is 7.69. The van der Waals surface area contributed by atoms with Crippen LogP contribution < -0.4 is 5.32 Å². The fourth-order valence-electron chi connectivity index (χ4n) is 3.57. The topological polar surface area (TPSA) is 41.6 Å². The fraction of sp³-hybridized carbons (Fsp3) is 0.611. The standard InChI is InChI=1S/C18H26N2O2/c1-17(2,3)22-16(21)20-10-6-9-18(13-20)11-14-7-4-5-8-15(14)19-12-18/h4-5,7-8,19H,6,9-13H2,1-3H3/t18-/m0/s1. The molecular formula is C18H26N2O2. The van der Waals surface area contributed by atoms with E-state index in [1.165, 1.54) is 11.3 Å². The van der Waals surface area contributed by atoms with Gasteiger partial charge in [0, 0.05) is 30.7 Å².